The van der Waals surface area contributed by atoms with Crippen molar-refractivity contribution in [1.82, 2.24) is 15.0 Å². The van der Waals surface area contributed by atoms with Crippen molar-refractivity contribution in [2.24, 2.45) is 0 Å². The third kappa shape index (κ3) is 3.24. The van der Waals surface area contributed by atoms with Crippen molar-refractivity contribution >= 4 is 28.6 Å². The monoisotopic (exact) mass is 366 g/mol. The summed E-state index contributed by atoms with van der Waals surface area (Å²) in [5.41, 5.74) is -0.0239. The molecule has 0 saturated heterocycles. The van der Waals surface area contributed by atoms with Crippen LogP contribution in [0.3, 0.4) is 0 Å². The van der Waals surface area contributed by atoms with E-state index in [1.807, 2.05) is 13.8 Å². The van der Waals surface area contributed by atoms with Crippen molar-refractivity contribution in [3.05, 3.63) is 47.0 Å². The molecule has 0 fully saturated rings. The molecule has 0 spiro atoms. The van der Waals surface area contributed by atoms with Crippen LogP contribution >= 0.6 is 11.6 Å². The number of benzene rings is 1. The third-order valence-electron chi connectivity index (χ3n) is 3.81. The number of hydrogen-bond acceptors (Lipinski definition) is 4. The highest BCUT2D eigenvalue weighted by Crippen LogP contribution is 2.40. The quantitative estimate of drug-likeness (QED) is 0.708. The third-order valence-corrected chi connectivity index (χ3v) is 4.18. The summed E-state index contributed by atoms with van der Waals surface area (Å²) in [7, 11) is 0. The molecule has 0 amide bonds. The number of hydrogen-bond donors (Lipinski definition) is 1. The predicted molar refractivity (Wildman–Crippen MR) is 91.0 cm³/mol. The van der Waals surface area contributed by atoms with Crippen LogP contribution in [0.4, 0.5) is 19.0 Å². The maximum absolute atomic E-state index is 14.3. The van der Waals surface area contributed by atoms with Gasteiger partial charge in [-0.05, 0) is 13.3 Å². The second-order valence-corrected chi connectivity index (χ2v) is 5.95. The molecule has 8 heteroatoms. The SMILES string of the molecule is CCC(C)Nc1nc2nccnc2c(Cl)c1-c1c(F)cc(F)cc1F. The molecule has 3 aromatic rings. The van der Waals surface area contributed by atoms with E-state index in [1.54, 1.807) is 0 Å². The Bertz CT molecular complexity index is 926. The fourth-order valence-corrected chi connectivity index (χ4v) is 2.72. The van der Waals surface area contributed by atoms with Gasteiger partial charge in [0.25, 0.3) is 0 Å². The molecule has 1 aromatic carbocycles. The first-order valence-electron chi connectivity index (χ1n) is 7.64. The lowest BCUT2D eigenvalue weighted by Crippen LogP contribution is -2.16. The molecule has 0 saturated carbocycles. The summed E-state index contributed by atoms with van der Waals surface area (Å²) in [6.07, 6.45) is 3.59. The molecule has 0 aliphatic heterocycles. The lowest BCUT2D eigenvalue weighted by Gasteiger charge is -2.18. The molecule has 1 atom stereocenters. The van der Waals surface area contributed by atoms with Crippen LogP contribution in [0, 0.1) is 17.5 Å². The molecule has 4 nitrogen and oxygen atoms in total. The van der Waals surface area contributed by atoms with E-state index in [0.717, 1.165) is 6.42 Å². The van der Waals surface area contributed by atoms with E-state index in [-0.39, 0.29) is 33.6 Å². The van der Waals surface area contributed by atoms with E-state index < -0.39 is 23.0 Å². The summed E-state index contributed by atoms with van der Waals surface area (Å²) in [5.74, 6) is -3.00. The zero-order valence-corrected chi connectivity index (χ0v) is 14.2. The molecule has 3 rings (SSSR count). The van der Waals surface area contributed by atoms with Gasteiger partial charge in [-0.1, -0.05) is 18.5 Å². The van der Waals surface area contributed by atoms with Gasteiger partial charge in [-0.15, -0.1) is 0 Å². The Kier molecular flexibility index (Phi) is 4.76. The summed E-state index contributed by atoms with van der Waals surface area (Å²) in [6.45, 7) is 3.83. The van der Waals surface area contributed by atoms with E-state index in [0.29, 0.717) is 12.1 Å². The van der Waals surface area contributed by atoms with Crippen LogP contribution in [0.5, 0.6) is 0 Å². The summed E-state index contributed by atoms with van der Waals surface area (Å²) in [4.78, 5) is 12.5. The Morgan fingerprint density at radius 2 is 1.72 bits per heavy atom. The summed E-state index contributed by atoms with van der Waals surface area (Å²) < 4.78 is 42.0. The highest BCUT2D eigenvalue weighted by atomic mass is 35.5. The summed E-state index contributed by atoms with van der Waals surface area (Å²) in [6, 6.07) is 1.16. The first kappa shape index (κ1) is 17.4. The zero-order valence-electron chi connectivity index (χ0n) is 13.4. The Labute approximate surface area is 147 Å². The first-order valence-corrected chi connectivity index (χ1v) is 8.01. The van der Waals surface area contributed by atoms with Gasteiger partial charge in [-0.3, -0.25) is 0 Å². The molecule has 0 aliphatic rings. The lowest BCUT2D eigenvalue weighted by atomic mass is 10.0. The molecule has 25 heavy (non-hydrogen) atoms. The topological polar surface area (TPSA) is 50.7 Å². The highest BCUT2D eigenvalue weighted by Gasteiger charge is 2.24. The van der Waals surface area contributed by atoms with Crippen molar-refractivity contribution < 1.29 is 13.2 Å². The number of halogens is 4. The van der Waals surface area contributed by atoms with Crippen LogP contribution in [0.2, 0.25) is 5.02 Å². The van der Waals surface area contributed by atoms with Gasteiger partial charge in [0.05, 0.1) is 16.1 Å². The maximum Gasteiger partial charge on any atom is 0.181 e. The lowest BCUT2D eigenvalue weighted by molar-refractivity contribution is 0.548. The van der Waals surface area contributed by atoms with Gasteiger partial charge in [0, 0.05) is 30.6 Å². The Morgan fingerprint density at radius 3 is 2.36 bits per heavy atom. The zero-order chi connectivity index (χ0) is 18.1. The van der Waals surface area contributed by atoms with Gasteiger partial charge in [0.2, 0.25) is 0 Å². The van der Waals surface area contributed by atoms with E-state index >= 15 is 0 Å². The smallest absolute Gasteiger partial charge is 0.181 e. The van der Waals surface area contributed by atoms with Crippen molar-refractivity contribution in [1.29, 1.82) is 0 Å². The molecular formula is C17H14ClF3N4. The second-order valence-electron chi connectivity index (χ2n) is 5.58. The number of nitrogens with zero attached hydrogens (tertiary/aromatic N) is 3. The molecular weight excluding hydrogens is 353 g/mol. The van der Waals surface area contributed by atoms with Gasteiger partial charge >= 0.3 is 0 Å². The summed E-state index contributed by atoms with van der Waals surface area (Å²) in [5, 5.41) is 3.06. The van der Waals surface area contributed by atoms with Crippen molar-refractivity contribution in [2.45, 2.75) is 26.3 Å². The van der Waals surface area contributed by atoms with E-state index in [2.05, 4.69) is 20.3 Å². The number of nitrogens with one attached hydrogen (secondary N) is 1. The van der Waals surface area contributed by atoms with Gasteiger partial charge in [0.15, 0.2) is 5.65 Å². The minimum Gasteiger partial charge on any atom is -0.367 e. The van der Waals surface area contributed by atoms with Crippen molar-refractivity contribution in [2.75, 3.05) is 5.32 Å². The van der Waals surface area contributed by atoms with Crippen LogP contribution in [0.15, 0.2) is 24.5 Å². The van der Waals surface area contributed by atoms with Gasteiger partial charge in [-0.25, -0.2) is 28.1 Å². The maximum atomic E-state index is 14.3. The molecule has 130 valence electrons. The van der Waals surface area contributed by atoms with Crippen molar-refractivity contribution in [3.63, 3.8) is 0 Å². The molecule has 0 bridgehead atoms. The average Bonchev–Trinajstić information content (AvgIpc) is 2.56. The summed E-state index contributed by atoms with van der Waals surface area (Å²) >= 11 is 6.38. The molecule has 2 aromatic heterocycles. The molecule has 2 heterocycles. The fraction of sp³-hybridized carbons (Fsp3) is 0.235. The van der Waals surface area contributed by atoms with Crippen LogP contribution in [-0.2, 0) is 0 Å². The van der Waals surface area contributed by atoms with E-state index in [1.165, 1.54) is 12.4 Å². The van der Waals surface area contributed by atoms with Crippen LogP contribution in [-0.4, -0.2) is 21.0 Å². The highest BCUT2D eigenvalue weighted by molar-refractivity contribution is 6.38. The minimum absolute atomic E-state index is 0.00619. The minimum atomic E-state index is -1.07. The Balaban J connectivity index is 2.36. The predicted octanol–water partition coefficient (Wildman–Crippen LogP) is 4.97. The fourth-order valence-electron chi connectivity index (χ4n) is 2.40. The first-order chi connectivity index (χ1) is 11.9. The number of aromatic nitrogens is 3. The number of rotatable bonds is 4. The number of anilines is 1. The van der Waals surface area contributed by atoms with Gasteiger partial charge in [-0.2, -0.15) is 0 Å². The largest absolute Gasteiger partial charge is 0.367 e. The molecule has 1 unspecified atom stereocenters. The Hall–Kier alpha value is -2.41. The molecule has 0 aliphatic carbocycles. The van der Waals surface area contributed by atoms with Gasteiger partial charge < -0.3 is 5.32 Å². The number of fused-ring (bicyclic) bond motifs is 1. The van der Waals surface area contributed by atoms with E-state index in [4.69, 9.17) is 11.6 Å². The van der Waals surface area contributed by atoms with Crippen LogP contribution in [0.1, 0.15) is 20.3 Å². The average molecular weight is 367 g/mol. The van der Waals surface area contributed by atoms with E-state index in [9.17, 15) is 13.2 Å². The van der Waals surface area contributed by atoms with Gasteiger partial charge in [0.1, 0.15) is 28.8 Å². The standard InChI is InChI=1S/C17H14ClF3N4/c1-3-8(2)24-16-13(12-10(20)6-9(19)7-11(12)21)14(18)15-17(25-16)23-5-4-22-15/h4-8H,3H2,1-2H3,(H,23,24,25). The number of pyridine rings is 1. The van der Waals surface area contributed by atoms with Crippen LogP contribution in [0.25, 0.3) is 22.3 Å². The normalized spacial score (nSPS) is 12.4. The van der Waals surface area contributed by atoms with Crippen molar-refractivity contribution in [3.8, 4) is 11.1 Å². The molecule has 0 radical (unpaired) electrons. The Morgan fingerprint density at radius 1 is 1.08 bits per heavy atom. The second kappa shape index (κ2) is 6.84. The van der Waals surface area contributed by atoms with Crippen LogP contribution < -0.4 is 5.32 Å². The molecule has 1 N–H and O–H groups in total.